The third kappa shape index (κ3) is 3.13. The molecule has 1 aromatic heterocycles. The van der Waals surface area contributed by atoms with Gasteiger partial charge in [0, 0.05) is 16.8 Å². The monoisotopic (exact) mass is 286 g/mol. The summed E-state index contributed by atoms with van der Waals surface area (Å²) < 4.78 is 5.35. The van der Waals surface area contributed by atoms with Crippen LogP contribution in [0.1, 0.15) is 18.2 Å². The summed E-state index contributed by atoms with van der Waals surface area (Å²) in [5, 5.41) is 11.4. The van der Waals surface area contributed by atoms with Crippen LogP contribution in [0.25, 0.3) is 11.1 Å². The quantitative estimate of drug-likeness (QED) is 0.898. The van der Waals surface area contributed by atoms with E-state index in [0.717, 1.165) is 28.8 Å². The first kappa shape index (κ1) is 14.8. The summed E-state index contributed by atoms with van der Waals surface area (Å²) in [6.07, 6.45) is -0.248. The van der Waals surface area contributed by atoms with Crippen LogP contribution in [0.3, 0.4) is 0 Å². The zero-order valence-electron chi connectivity index (χ0n) is 12.3. The average molecular weight is 286 g/mol. The van der Waals surface area contributed by atoms with Crippen molar-refractivity contribution in [1.82, 2.24) is 4.98 Å². The van der Waals surface area contributed by atoms with E-state index in [4.69, 9.17) is 9.84 Å². The number of hydrogen-bond donors (Lipinski definition) is 2. The number of amides is 1. The molecule has 2 N–H and O–H groups in total. The first-order chi connectivity index (χ1) is 10.1. The van der Waals surface area contributed by atoms with E-state index in [0.29, 0.717) is 11.6 Å². The van der Waals surface area contributed by atoms with E-state index < -0.39 is 6.09 Å². The Kier molecular flexibility index (Phi) is 4.42. The molecule has 0 spiro atoms. The van der Waals surface area contributed by atoms with Crippen LogP contribution in [-0.2, 0) is 6.42 Å². The fourth-order valence-electron chi connectivity index (χ4n) is 2.27. The molecule has 0 fully saturated rings. The Bertz CT molecular complexity index is 669. The maximum atomic E-state index is 10.9. The molecule has 0 saturated carbocycles. The van der Waals surface area contributed by atoms with E-state index in [2.05, 4.69) is 17.2 Å². The molecule has 0 aliphatic carbocycles. The van der Waals surface area contributed by atoms with Crippen molar-refractivity contribution in [3.05, 3.63) is 41.6 Å². The van der Waals surface area contributed by atoms with Gasteiger partial charge in [0.05, 0.1) is 12.8 Å². The summed E-state index contributed by atoms with van der Waals surface area (Å²) >= 11 is 0. The molecule has 1 heterocycles. The van der Waals surface area contributed by atoms with Gasteiger partial charge in [0.1, 0.15) is 0 Å². The Hall–Kier alpha value is -2.56. The van der Waals surface area contributed by atoms with Gasteiger partial charge < -0.3 is 9.84 Å². The first-order valence-corrected chi connectivity index (χ1v) is 6.70. The number of rotatable bonds is 4. The summed E-state index contributed by atoms with van der Waals surface area (Å²) in [6.45, 7) is 3.99. The smallest absolute Gasteiger partial charge is 0.409 e. The number of carboxylic acid groups (broad SMARTS) is 1. The van der Waals surface area contributed by atoms with Gasteiger partial charge in [0.2, 0.25) is 5.88 Å². The van der Waals surface area contributed by atoms with Crippen molar-refractivity contribution >= 4 is 11.8 Å². The Labute approximate surface area is 123 Å². The molecule has 0 unspecified atom stereocenters. The van der Waals surface area contributed by atoms with Crippen LogP contribution >= 0.6 is 0 Å². The van der Waals surface area contributed by atoms with Gasteiger partial charge in [-0.1, -0.05) is 25.1 Å². The lowest BCUT2D eigenvalue weighted by Gasteiger charge is -2.14. The normalized spacial score (nSPS) is 10.2. The van der Waals surface area contributed by atoms with E-state index in [9.17, 15) is 4.79 Å². The van der Waals surface area contributed by atoms with Crippen LogP contribution in [0.5, 0.6) is 5.88 Å². The van der Waals surface area contributed by atoms with E-state index >= 15 is 0 Å². The molecule has 0 radical (unpaired) electrons. The van der Waals surface area contributed by atoms with Gasteiger partial charge in [-0.25, -0.2) is 9.78 Å². The van der Waals surface area contributed by atoms with Crippen LogP contribution < -0.4 is 10.1 Å². The number of nitrogens with one attached hydrogen (secondary N) is 1. The van der Waals surface area contributed by atoms with Crippen molar-refractivity contribution < 1.29 is 14.6 Å². The van der Waals surface area contributed by atoms with Crippen LogP contribution in [0, 0.1) is 6.92 Å². The topological polar surface area (TPSA) is 71.5 Å². The van der Waals surface area contributed by atoms with Gasteiger partial charge in [-0.2, -0.15) is 0 Å². The lowest BCUT2D eigenvalue weighted by molar-refractivity contribution is 0.210. The standard InChI is InChI=1S/C16H18N2O3/c1-4-11-9-13(15(21-3)17-10(11)2)12-7-5-6-8-14(12)18-16(19)20/h5-9,18H,4H2,1-3H3,(H,19,20). The van der Waals surface area contributed by atoms with Crippen LogP contribution in [0.15, 0.2) is 30.3 Å². The van der Waals surface area contributed by atoms with Crippen LogP contribution in [0.2, 0.25) is 0 Å². The van der Waals surface area contributed by atoms with Gasteiger partial charge in [-0.3, -0.25) is 5.32 Å². The fourth-order valence-corrected chi connectivity index (χ4v) is 2.27. The van der Waals surface area contributed by atoms with E-state index in [-0.39, 0.29) is 0 Å². The number of carbonyl (C=O) groups is 1. The minimum absolute atomic E-state index is 0.490. The minimum Gasteiger partial charge on any atom is -0.481 e. The lowest BCUT2D eigenvalue weighted by atomic mass is 10.0. The second-order valence-electron chi connectivity index (χ2n) is 4.62. The maximum Gasteiger partial charge on any atom is 0.409 e. The fraction of sp³-hybridized carbons (Fsp3) is 0.250. The Balaban J connectivity index is 2.63. The predicted molar refractivity (Wildman–Crippen MR) is 82.0 cm³/mol. The Morgan fingerprint density at radius 2 is 2.05 bits per heavy atom. The Morgan fingerprint density at radius 1 is 1.33 bits per heavy atom. The van der Waals surface area contributed by atoms with Gasteiger partial charge in [0.15, 0.2) is 0 Å². The second kappa shape index (κ2) is 6.26. The molecule has 0 aliphatic rings. The average Bonchev–Trinajstić information content (AvgIpc) is 2.47. The maximum absolute atomic E-state index is 10.9. The van der Waals surface area contributed by atoms with Crippen molar-refractivity contribution in [1.29, 1.82) is 0 Å². The highest BCUT2D eigenvalue weighted by Crippen LogP contribution is 2.35. The summed E-state index contributed by atoms with van der Waals surface area (Å²) in [5.74, 6) is 0.490. The van der Waals surface area contributed by atoms with Crippen molar-refractivity contribution in [2.75, 3.05) is 12.4 Å². The number of hydrogen-bond acceptors (Lipinski definition) is 3. The molecule has 1 amide bonds. The summed E-state index contributed by atoms with van der Waals surface area (Å²) in [6, 6.07) is 9.20. The number of anilines is 1. The molecular weight excluding hydrogens is 268 g/mol. The third-order valence-corrected chi connectivity index (χ3v) is 3.32. The van der Waals surface area contributed by atoms with Crippen molar-refractivity contribution in [2.45, 2.75) is 20.3 Å². The molecular formula is C16H18N2O3. The van der Waals surface area contributed by atoms with E-state index in [1.807, 2.05) is 25.1 Å². The third-order valence-electron chi connectivity index (χ3n) is 3.32. The molecule has 5 heteroatoms. The van der Waals surface area contributed by atoms with Crippen LogP contribution in [-0.4, -0.2) is 23.3 Å². The number of nitrogens with zero attached hydrogens (tertiary/aromatic N) is 1. The number of aromatic nitrogens is 1. The Morgan fingerprint density at radius 3 is 2.67 bits per heavy atom. The molecule has 21 heavy (non-hydrogen) atoms. The largest absolute Gasteiger partial charge is 0.481 e. The van der Waals surface area contributed by atoms with Crippen LogP contribution in [0.4, 0.5) is 10.5 Å². The number of methoxy groups -OCH3 is 1. The molecule has 2 rings (SSSR count). The molecule has 0 atom stereocenters. The first-order valence-electron chi connectivity index (χ1n) is 6.70. The van der Waals surface area contributed by atoms with Crippen molar-refractivity contribution in [3.63, 3.8) is 0 Å². The van der Waals surface area contributed by atoms with Crippen molar-refractivity contribution in [3.8, 4) is 17.0 Å². The van der Waals surface area contributed by atoms with Gasteiger partial charge in [-0.15, -0.1) is 0 Å². The highest BCUT2D eigenvalue weighted by molar-refractivity contribution is 5.91. The number of ether oxygens (including phenoxy) is 1. The number of benzene rings is 1. The molecule has 5 nitrogen and oxygen atoms in total. The number of para-hydroxylation sites is 1. The highest BCUT2D eigenvalue weighted by atomic mass is 16.5. The molecule has 1 aromatic carbocycles. The van der Waals surface area contributed by atoms with E-state index in [1.165, 1.54) is 0 Å². The molecule has 2 aromatic rings. The molecule has 110 valence electrons. The highest BCUT2D eigenvalue weighted by Gasteiger charge is 2.15. The number of aryl methyl sites for hydroxylation is 2. The minimum atomic E-state index is -1.10. The van der Waals surface area contributed by atoms with Gasteiger partial charge >= 0.3 is 6.09 Å². The van der Waals surface area contributed by atoms with Crippen molar-refractivity contribution in [2.24, 2.45) is 0 Å². The van der Waals surface area contributed by atoms with Gasteiger partial charge in [0.25, 0.3) is 0 Å². The molecule has 0 aliphatic heterocycles. The second-order valence-corrected chi connectivity index (χ2v) is 4.62. The zero-order valence-corrected chi connectivity index (χ0v) is 12.3. The SMILES string of the molecule is CCc1cc(-c2ccccc2NC(=O)O)c(OC)nc1C. The van der Waals surface area contributed by atoms with Gasteiger partial charge in [-0.05, 0) is 31.0 Å². The molecule has 0 saturated heterocycles. The lowest BCUT2D eigenvalue weighted by Crippen LogP contribution is -2.08. The number of pyridine rings is 1. The summed E-state index contributed by atoms with van der Waals surface area (Å²) in [7, 11) is 1.56. The summed E-state index contributed by atoms with van der Waals surface area (Å²) in [5.41, 5.74) is 4.07. The summed E-state index contributed by atoms with van der Waals surface area (Å²) in [4.78, 5) is 15.4. The molecule has 0 bridgehead atoms. The predicted octanol–water partition coefficient (Wildman–Crippen LogP) is 3.72. The van der Waals surface area contributed by atoms with E-state index in [1.54, 1.807) is 19.2 Å². The zero-order chi connectivity index (χ0) is 15.4.